The van der Waals surface area contributed by atoms with Crippen LogP contribution in [0.2, 0.25) is 0 Å². The van der Waals surface area contributed by atoms with E-state index in [1.165, 1.54) is 21.6 Å². The van der Waals surface area contributed by atoms with Crippen molar-refractivity contribution in [3.63, 3.8) is 0 Å². The molecule has 3 heterocycles. The van der Waals surface area contributed by atoms with Crippen molar-refractivity contribution in [3.8, 4) is 10.4 Å². The van der Waals surface area contributed by atoms with Crippen LogP contribution in [0.5, 0.6) is 0 Å². The number of nitrogens with zero attached hydrogens (tertiary/aromatic N) is 1. The van der Waals surface area contributed by atoms with Gasteiger partial charge in [0.15, 0.2) is 0 Å². The van der Waals surface area contributed by atoms with E-state index in [1.54, 1.807) is 11.3 Å². The van der Waals surface area contributed by atoms with Crippen LogP contribution in [0.1, 0.15) is 58.0 Å². The molecule has 0 N–H and O–H groups in total. The normalized spacial score (nSPS) is 18.5. The zero-order chi connectivity index (χ0) is 18.1. The van der Waals surface area contributed by atoms with Crippen molar-refractivity contribution >= 4 is 17.2 Å². The molecular weight excluding hydrogens is 342 g/mol. The van der Waals surface area contributed by atoms with Crippen LogP contribution < -0.4 is 0 Å². The Kier molecular flexibility index (Phi) is 5.14. The highest BCUT2D eigenvalue weighted by Crippen LogP contribution is 2.36. The van der Waals surface area contributed by atoms with Crippen molar-refractivity contribution < 1.29 is 9.53 Å². The van der Waals surface area contributed by atoms with Gasteiger partial charge in [0.2, 0.25) is 0 Å². The summed E-state index contributed by atoms with van der Waals surface area (Å²) in [5, 5.41) is 0. The number of ether oxygens (including phenoxy) is 1. The first-order valence-corrected chi connectivity index (χ1v) is 10.5. The first-order valence-electron chi connectivity index (χ1n) is 9.72. The Hall–Kier alpha value is -1.65. The van der Waals surface area contributed by atoms with E-state index >= 15 is 0 Å². The van der Waals surface area contributed by atoms with E-state index in [2.05, 4.69) is 38.1 Å². The smallest absolute Gasteiger partial charge is 0.264 e. The van der Waals surface area contributed by atoms with Crippen LogP contribution in [0.15, 0.2) is 24.3 Å². The van der Waals surface area contributed by atoms with Crippen LogP contribution >= 0.6 is 11.3 Å². The molecule has 3 nitrogen and oxygen atoms in total. The molecule has 2 aliphatic rings. The summed E-state index contributed by atoms with van der Waals surface area (Å²) in [5.41, 5.74) is 5.09. The summed E-state index contributed by atoms with van der Waals surface area (Å²) >= 11 is 1.65. The monoisotopic (exact) mass is 369 g/mol. The molecule has 138 valence electrons. The van der Waals surface area contributed by atoms with Gasteiger partial charge in [-0.25, -0.2) is 0 Å². The Morgan fingerprint density at radius 2 is 1.81 bits per heavy atom. The quantitative estimate of drug-likeness (QED) is 0.748. The number of carbonyl (C=O) groups excluding carboxylic acids is 1. The summed E-state index contributed by atoms with van der Waals surface area (Å²) in [4.78, 5) is 16.9. The Morgan fingerprint density at radius 1 is 1.08 bits per heavy atom. The Bertz CT molecular complexity index is 798. The summed E-state index contributed by atoms with van der Waals surface area (Å²) < 4.78 is 5.49. The lowest BCUT2D eigenvalue weighted by Crippen LogP contribution is -2.27. The highest BCUT2D eigenvalue weighted by Gasteiger charge is 2.24. The fourth-order valence-corrected chi connectivity index (χ4v) is 5.37. The number of thiophene rings is 1. The molecule has 0 radical (unpaired) electrons. The largest absolute Gasteiger partial charge is 0.381 e. The SMILES string of the molecule is Cc1cc(C2CCOCC2)ccc1-c1cc(C)c(C(=O)N2CCCC2)s1. The lowest BCUT2D eigenvalue weighted by atomic mass is 9.89. The number of hydrogen-bond donors (Lipinski definition) is 0. The van der Waals surface area contributed by atoms with Gasteiger partial charge in [0.1, 0.15) is 0 Å². The minimum absolute atomic E-state index is 0.215. The Morgan fingerprint density at radius 3 is 2.50 bits per heavy atom. The molecule has 2 aliphatic heterocycles. The lowest BCUT2D eigenvalue weighted by molar-refractivity contribution is 0.0797. The molecule has 2 saturated heterocycles. The number of aryl methyl sites for hydroxylation is 2. The first-order chi connectivity index (χ1) is 12.6. The number of likely N-dealkylation sites (tertiary alicyclic amines) is 1. The van der Waals surface area contributed by atoms with Gasteiger partial charge in [0, 0.05) is 31.2 Å². The van der Waals surface area contributed by atoms with Crippen LogP contribution in [0, 0.1) is 13.8 Å². The van der Waals surface area contributed by atoms with Crippen molar-refractivity contribution in [2.75, 3.05) is 26.3 Å². The maximum absolute atomic E-state index is 12.8. The van der Waals surface area contributed by atoms with Crippen LogP contribution in [-0.2, 0) is 4.74 Å². The van der Waals surface area contributed by atoms with Gasteiger partial charge in [-0.1, -0.05) is 18.2 Å². The topological polar surface area (TPSA) is 29.5 Å². The Labute approximate surface area is 160 Å². The fourth-order valence-electron chi connectivity index (χ4n) is 4.14. The maximum atomic E-state index is 12.8. The third-order valence-corrected chi connectivity index (χ3v) is 6.97. The summed E-state index contributed by atoms with van der Waals surface area (Å²) in [7, 11) is 0. The second-order valence-electron chi connectivity index (χ2n) is 7.58. The van der Waals surface area contributed by atoms with Crippen molar-refractivity contribution in [3.05, 3.63) is 45.8 Å². The van der Waals surface area contributed by atoms with E-state index in [4.69, 9.17) is 4.74 Å². The zero-order valence-electron chi connectivity index (χ0n) is 15.7. The lowest BCUT2D eigenvalue weighted by Gasteiger charge is -2.23. The van der Waals surface area contributed by atoms with E-state index in [0.717, 1.165) is 62.4 Å². The van der Waals surface area contributed by atoms with Gasteiger partial charge in [0.05, 0.1) is 4.88 Å². The third kappa shape index (κ3) is 3.45. The van der Waals surface area contributed by atoms with E-state index in [1.807, 2.05) is 4.90 Å². The van der Waals surface area contributed by atoms with Crippen LogP contribution in [0.3, 0.4) is 0 Å². The Balaban J connectivity index is 1.59. The van der Waals surface area contributed by atoms with E-state index in [0.29, 0.717) is 5.92 Å². The van der Waals surface area contributed by atoms with Crippen molar-refractivity contribution in [1.82, 2.24) is 4.90 Å². The summed E-state index contributed by atoms with van der Waals surface area (Å²) in [6.07, 6.45) is 4.50. The minimum atomic E-state index is 0.215. The van der Waals surface area contributed by atoms with Crippen LogP contribution in [0.25, 0.3) is 10.4 Å². The minimum Gasteiger partial charge on any atom is -0.381 e. The fraction of sp³-hybridized carbons (Fsp3) is 0.500. The molecule has 2 fully saturated rings. The standard InChI is InChI=1S/C22H27NO2S/c1-15-13-18(17-7-11-25-12-8-17)5-6-19(15)20-14-16(2)21(26-20)22(24)23-9-3-4-10-23/h5-6,13-14,17H,3-4,7-12H2,1-2H3. The summed E-state index contributed by atoms with van der Waals surface area (Å²) in [6, 6.07) is 9.04. The maximum Gasteiger partial charge on any atom is 0.264 e. The molecule has 26 heavy (non-hydrogen) atoms. The molecule has 4 heteroatoms. The number of benzene rings is 1. The highest BCUT2D eigenvalue weighted by molar-refractivity contribution is 7.17. The van der Waals surface area contributed by atoms with Gasteiger partial charge < -0.3 is 9.64 Å². The summed E-state index contributed by atoms with van der Waals surface area (Å²) in [6.45, 7) is 7.81. The molecular formula is C22H27NO2S. The van der Waals surface area contributed by atoms with Gasteiger partial charge >= 0.3 is 0 Å². The number of amides is 1. The van der Waals surface area contributed by atoms with Gasteiger partial charge in [-0.15, -0.1) is 11.3 Å². The number of rotatable bonds is 3. The van der Waals surface area contributed by atoms with E-state index in [-0.39, 0.29) is 5.91 Å². The van der Waals surface area contributed by atoms with Crippen molar-refractivity contribution in [1.29, 1.82) is 0 Å². The first kappa shape index (κ1) is 17.7. The average Bonchev–Trinajstić information content (AvgIpc) is 3.32. The highest BCUT2D eigenvalue weighted by atomic mass is 32.1. The molecule has 0 spiro atoms. The van der Waals surface area contributed by atoms with Crippen LogP contribution in [-0.4, -0.2) is 37.1 Å². The average molecular weight is 370 g/mol. The second-order valence-corrected chi connectivity index (χ2v) is 8.64. The number of hydrogen-bond acceptors (Lipinski definition) is 3. The molecule has 0 aliphatic carbocycles. The molecule has 0 atom stereocenters. The van der Waals surface area contributed by atoms with Crippen molar-refractivity contribution in [2.45, 2.75) is 45.4 Å². The van der Waals surface area contributed by atoms with Gasteiger partial charge in [0.25, 0.3) is 5.91 Å². The third-order valence-electron chi connectivity index (χ3n) is 5.71. The molecule has 0 saturated carbocycles. The summed E-state index contributed by atoms with van der Waals surface area (Å²) in [5.74, 6) is 0.835. The van der Waals surface area contributed by atoms with Gasteiger partial charge in [-0.2, -0.15) is 0 Å². The second kappa shape index (κ2) is 7.53. The zero-order valence-corrected chi connectivity index (χ0v) is 16.5. The molecule has 4 rings (SSSR count). The molecule has 0 unspecified atom stereocenters. The van der Waals surface area contributed by atoms with Gasteiger partial charge in [-0.05, 0) is 73.8 Å². The number of carbonyl (C=O) groups is 1. The van der Waals surface area contributed by atoms with Crippen molar-refractivity contribution in [2.24, 2.45) is 0 Å². The van der Waals surface area contributed by atoms with Gasteiger partial charge in [-0.3, -0.25) is 4.79 Å². The molecule has 0 bridgehead atoms. The predicted molar refractivity (Wildman–Crippen MR) is 107 cm³/mol. The molecule has 1 aromatic heterocycles. The van der Waals surface area contributed by atoms with Crippen LogP contribution in [0.4, 0.5) is 0 Å². The van der Waals surface area contributed by atoms with E-state index in [9.17, 15) is 4.79 Å². The predicted octanol–water partition coefficient (Wildman–Crippen LogP) is 5.16. The molecule has 2 aromatic rings. The molecule has 1 amide bonds. The van der Waals surface area contributed by atoms with E-state index < -0.39 is 0 Å². The molecule has 1 aromatic carbocycles.